The predicted octanol–water partition coefficient (Wildman–Crippen LogP) is 8.54. The molecule has 0 saturated carbocycles. The number of amides is 1. The summed E-state index contributed by atoms with van der Waals surface area (Å²) >= 11 is 0. The maximum absolute atomic E-state index is 15.5. The normalized spacial score (nSPS) is 12.4. The Bertz CT molecular complexity index is 2640. The Balaban J connectivity index is 1.26. The van der Waals surface area contributed by atoms with Crippen LogP contribution in [0.4, 0.5) is 22.0 Å². The number of H-pyrrole nitrogens is 1. The standard InChI is InChI=1S/C40H28F5N3O4/c1-20-33(26-10-3-5-15-30(26)46-20)22-17-28(41)35(29(42)18-22)37(49)47-31(39(51)52)19-21-9-7-13-24-23(21)12-8-14-25(24)34-36(40(43,44)45)27-11-4-6-16-32(27)48(2)38(34)50/h3-18,31,46H,19H2,1-2H3,(H,47,49)(H,51,52)/t31-/m0/s1. The van der Waals surface area contributed by atoms with Crippen LogP contribution in [0.2, 0.25) is 0 Å². The number of rotatable bonds is 7. The number of benzene rings is 5. The molecule has 0 saturated heterocycles. The van der Waals surface area contributed by atoms with Crippen molar-refractivity contribution in [3.8, 4) is 22.3 Å². The molecule has 1 atom stereocenters. The second-order valence-electron chi connectivity index (χ2n) is 12.5. The topological polar surface area (TPSA) is 104 Å². The summed E-state index contributed by atoms with van der Waals surface area (Å²) in [6.07, 6.45) is -5.31. The Morgan fingerprint density at radius 3 is 2.13 bits per heavy atom. The number of carbonyl (C=O) groups excluding carboxylic acids is 1. The minimum absolute atomic E-state index is 0.0244. The van der Waals surface area contributed by atoms with E-state index in [1.54, 1.807) is 25.1 Å². The summed E-state index contributed by atoms with van der Waals surface area (Å²) in [6.45, 7) is 1.75. The first-order chi connectivity index (χ1) is 24.8. The molecular formula is C40H28F5N3O4. The van der Waals surface area contributed by atoms with Crippen LogP contribution in [-0.2, 0) is 24.4 Å². The zero-order valence-electron chi connectivity index (χ0n) is 27.5. The first-order valence-corrected chi connectivity index (χ1v) is 16.1. The lowest BCUT2D eigenvalue weighted by molar-refractivity contribution is -0.139. The number of halogens is 5. The monoisotopic (exact) mass is 709 g/mol. The fourth-order valence-corrected chi connectivity index (χ4v) is 7.05. The molecule has 0 radical (unpaired) electrons. The highest BCUT2D eigenvalue weighted by Crippen LogP contribution is 2.42. The van der Waals surface area contributed by atoms with Gasteiger partial charge in [0.05, 0.1) is 16.6 Å². The van der Waals surface area contributed by atoms with Crippen LogP contribution in [0.1, 0.15) is 27.2 Å². The Labute approximate surface area is 291 Å². The van der Waals surface area contributed by atoms with Gasteiger partial charge < -0.3 is 20.0 Å². The molecule has 0 fully saturated rings. The van der Waals surface area contributed by atoms with E-state index in [1.807, 2.05) is 12.1 Å². The molecule has 2 heterocycles. The lowest BCUT2D eigenvalue weighted by Crippen LogP contribution is -2.43. The molecule has 3 N–H and O–H groups in total. The number of aromatic nitrogens is 2. The van der Waals surface area contributed by atoms with E-state index in [-0.39, 0.29) is 27.4 Å². The van der Waals surface area contributed by atoms with Crippen LogP contribution in [0.15, 0.2) is 102 Å². The summed E-state index contributed by atoms with van der Waals surface area (Å²) < 4.78 is 76.2. The summed E-state index contributed by atoms with van der Waals surface area (Å²) in [4.78, 5) is 42.4. The predicted molar refractivity (Wildman–Crippen MR) is 188 cm³/mol. The van der Waals surface area contributed by atoms with Crippen LogP contribution in [0.25, 0.3) is 54.8 Å². The summed E-state index contributed by atoms with van der Waals surface area (Å²) in [5.41, 5.74) is -1.03. The first kappa shape index (κ1) is 34.2. The maximum atomic E-state index is 15.5. The molecule has 7 nitrogen and oxygen atoms in total. The van der Waals surface area contributed by atoms with E-state index in [0.717, 1.165) is 27.6 Å². The van der Waals surface area contributed by atoms with Crippen LogP contribution >= 0.6 is 0 Å². The minimum atomic E-state index is -4.90. The van der Waals surface area contributed by atoms with Crippen LogP contribution in [0, 0.1) is 18.6 Å². The third kappa shape index (κ3) is 5.75. The highest BCUT2D eigenvalue weighted by Gasteiger charge is 2.38. The Morgan fingerprint density at radius 1 is 0.827 bits per heavy atom. The van der Waals surface area contributed by atoms with Crippen molar-refractivity contribution in [2.75, 3.05) is 0 Å². The molecule has 52 heavy (non-hydrogen) atoms. The smallest absolute Gasteiger partial charge is 0.417 e. The number of aromatic amines is 1. The SMILES string of the molecule is Cc1[nH]c2ccccc2c1-c1cc(F)c(C(=O)N[C@@H](Cc2cccc3c(-c4c(C(F)(F)F)c5ccccc5n(C)c4=O)cccc23)C(=O)O)c(F)c1. The van der Waals surface area contributed by atoms with Crippen molar-refractivity contribution in [2.24, 2.45) is 7.05 Å². The number of hydrogen-bond acceptors (Lipinski definition) is 3. The molecule has 0 aliphatic carbocycles. The molecule has 0 spiro atoms. The van der Waals surface area contributed by atoms with Gasteiger partial charge in [0.25, 0.3) is 11.5 Å². The second kappa shape index (κ2) is 12.8. The number of carboxylic acids is 1. The highest BCUT2D eigenvalue weighted by molar-refractivity contribution is 6.03. The number of carbonyl (C=O) groups is 2. The van der Waals surface area contributed by atoms with Crippen LogP contribution in [0.3, 0.4) is 0 Å². The molecule has 0 aliphatic heterocycles. The summed E-state index contributed by atoms with van der Waals surface area (Å²) in [7, 11) is 1.38. The highest BCUT2D eigenvalue weighted by atomic mass is 19.4. The Morgan fingerprint density at radius 2 is 1.44 bits per heavy atom. The van der Waals surface area contributed by atoms with Gasteiger partial charge in [-0.1, -0.05) is 72.8 Å². The average molecular weight is 710 g/mol. The van der Waals surface area contributed by atoms with E-state index < -0.39 is 64.4 Å². The van der Waals surface area contributed by atoms with Gasteiger partial charge in [-0.25, -0.2) is 13.6 Å². The third-order valence-electron chi connectivity index (χ3n) is 9.35. The van der Waals surface area contributed by atoms with Crippen molar-refractivity contribution in [1.82, 2.24) is 14.9 Å². The Kier molecular flexibility index (Phi) is 8.40. The number of aryl methyl sites for hydroxylation is 2. The molecule has 0 aliphatic rings. The van der Waals surface area contributed by atoms with E-state index in [1.165, 1.54) is 61.6 Å². The van der Waals surface area contributed by atoms with Crippen LogP contribution < -0.4 is 10.9 Å². The van der Waals surface area contributed by atoms with Gasteiger partial charge in [0.15, 0.2) is 0 Å². The van der Waals surface area contributed by atoms with Gasteiger partial charge in [0.1, 0.15) is 23.2 Å². The van der Waals surface area contributed by atoms with E-state index in [4.69, 9.17) is 0 Å². The van der Waals surface area contributed by atoms with Crippen LogP contribution in [-0.4, -0.2) is 32.6 Å². The summed E-state index contributed by atoms with van der Waals surface area (Å²) in [5.74, 6) is -5.22. The van der Waals surface area contributed by atoms with E-state index >= 15 is 8.78 Å². The van der Waals surface area contributed by atoms with Crippen molar-refractivity contribution >= 4 is 44.5 Å². The number of pyridine rings is 1. The molecule has 262 valence electrons. The molecule has 7 aromatic rings. The van der Waals surface area contributed by atoms with Crippen molar-refractivity contribution in [3.63, 3.8) is 0 Å². The largest absolute Gasteiger partial charge is 0.480 e. The second-order valence-corrected chi connectivity index (χ2v) is 12.5. The first-order valence-electron chi connectivity index (χ1n) is 16.1. The van der Waals surface area contributed by atoms with Gasteiger partial charge in [0, 0.05) is 41.0 Å². The molecule has 2 aromatic heterocycles. The van der Waals surface area contributed by atoms with Gasteiger partial charge in [0.2, 0.25) is 0 Å². The van der Waals surface area contributed by atoms with E-state index in [0.29, 0.717) is 22.2 Å². The number of nitrogens with zero attached hydrogens (tertiary/aromatic N) is 1. The minimum Gasteiger partial charge on any atom is -0.480 e. The summed E-state index contributed by atoms with van der Waals surface area (Å²) in [5, 5.41) is 13.4. The van der Waals surface area contributed by atoms with Crippen molar-refractivity contribution < 1.29 is 36.6 Å². The maximum Gasteiger partial charge on any atom is 0.417 e. The fraction of sp³-hybridized carbons (Fsp3) is 0.125. The summed E-state index contributed by atoms with van der Waals surface area (Å²) in [6, 6.07) is 22.1. The number of fused-ring (bicyclic) bond motifs is 3. The fourth-order valence-electron chi connectivity index (χ4n) is 7.05. The van der Waals surface area contributed by atoms with Gasteiger partial charge in [-0.2, -0.15) is 13.2 Å². The average Bonchev–Trinajstić information content (AvgIpc) is 3.44. The molecular weight excluding hydrogens is 681 g/mol. The number of nitrogens with one attached hydrogen (secondary N) is 2. The molecule has 12 heteroatoms. The number of alkyl halides is 3. The van der Waals surface area contributed by atoms with Crippen molar-refractivity contribution in [1.29, 1.82) is 0 Å². The third-order valence-corrected chi connectivity index (χ3v) is 9.35. The van der Waals surface area contributed by atoms with Gasteiger partial charge in [-0.15, -0.1) is 0 Å². The molecule has 1 amide bonds. The van der Waals surface area contributed by atoms with Gasteiger partial charge in [-0.3, -0.25) is 9.59 Å². The number of carboxylic acid groups (broad SMARTS) is 1. The van der Waals surface area contributed by atoms with Gasteiger partial charge in [-0.05, 0) is 58.7 Å². The Hall–Kier alpha value is -6.30. The molecule has 5 aromatic carbocycles. The zero-order valence-corrected chi connectivity index (χ0v) is 27.5. The lowest BCUT2D eigenvalue weighted by Gasteiger charge is -2.20. The number of aliphatic carboxylic acids is 1. The van der Waals surface area contributed by atoms with Crippen LogP contribution in [0.5, 0.6) is 0 Å². The van der Waals surface area contributed by atoms with E-state index in [2.05, 4.69) is 10.3 Å². The zero-order chi connectivity index (χ0) is 37.1. The lowest BCUT2D eigenvalue weighted by atomic mass is 9.90. The number of para-hydroxylation sites is 2. The van der Waals surface area contributed by atoms with Gasteiger partial charge >= 0.3 is 12.1 Å². The molecule has 7 rings (SSSR count). The molecule has 0 bridgehead atoms. The number of hydrogen-bond donors (Lipinski definition) is 3. The van der Waals surface area contributed by atoms with Crippen molar-refractivity contribution in [2.45, 2.75) is 25.6 Å². The van der Waals surface area contributed by atoms with E-state index in [9.17, 15) is 32.7 Å². The molecule has 0 unspecified atom stereocenters. The quantitative estimate of drug-likeness (QED) is 0.144. The van der Waals surface area contributed by atoms with Crippen molar-refractivity contribution in [3.05, 3.63) is 141 Å².